The highest BCUT2D eigenvalue weighted by Crippen LogP contribution is 2.29. The van der Waals surface area contributed by atoms with Gasteiger partial charge in [0.05, 0.1) is 13.2 Å². The normalized spacial score (nSPS) is 13.4. The minimum absolute atomic E-state index is 0.169. The van der Waals surface area contributed by atoms with Gasteiger partial charge in [-0.1, -0.05) is 26.0 Å². The number of amides is 2. The number of anilines is 1. The molecule has 3 rings (SSSR count). The average Bonchev–Trinajstić information content (AvgIpc) is 3.21. The van der Waals surface area contributed by atoms with Gasteiger partial charge in [-0.25, -0.2) is 0 Å². The lowest BCUT2D eigenvalue weighted by Gasteiger charge is -2.16. The van der Waals surface area contributed by atoms with Gasteiger partial charge in [-0.2, -0.15) is 0 Å². The number of hydrogen-bond donors (Lipinski definition) is 1. The van der Waals surface area contributed by atoms with E-state index >= 15 is 0 Å². The van der Waals surface area contributed by atoms with Crippen LogP contribution in [-0.2, 0) is 11.3 Å². The Hall–Kier alpha value is -3.02. The molecule has 0 bridgehead atoms. The van der Waals surface area contributed by atoms with E-state index in [2.05, 4.69) is 5.32 Å². The van der Waals surface area contributed by atoms with E-state index < -0.39 is 0 Å². The maximum atomic E-state index is 12.6. The van der Waals surface area contributed by atoms with E-state index in [1.165, 1.54) is 0 Å². The van der Waals surface area contributed by atoms with Crippen LogP contribution in [0.3, 0.4) is 0 Å². The first-order valence-corrected chi connectivity index (χ1v) is 10.7. The van der Waals surface area contributed by atoms with E-state index in [1.54, 1.807) is 18.2 Å². The first kappa shape index (κ1) is 21.7. The Bertz CT molecular complexity index is 864. The maximum Gasteiger partial charge on any atom is 0.251 e. The Morgan fingerprint density at radius 1 is 1.00 bits per heavy atom. The Balaban J connectivity index is 1.61. The second kappa shape index (κ2) is 10.7. The van der Waals surface area contributed by atoms with Gasteiger partial charge in [-0.3, -0.25) is 9.59 Å². The number of nitrogens with zero attached hydrogens (tertiary/aromatic N) is 1. The highest BCUT2D eigenvalue weighted by atomic mass is 16.5. The Morgan fingerprint density at radius 3 is 2.33 bits per heavy atom. The highest BCUT2D eigenvalue weighted by molar-refractivity contribution is 5.95. The monoisotopic (exact) mass is 410 g/mol. The van der Waals surface area contributed by atoms with Gasteiger partial charge in [0, 0.05) is 30.8 Å². The summed E-state index contributed by atoms with van der Waals surface area (Å²) in [6.07, 6.45) is 3.30. The molecular weight excluding hydrogens is 380 g/mol. The van der Waals surface area contributed by atoms with Crippen LogP contribution in [0.25, 0.3) is 0 Å². The number of hydrogen-bond acceptors (Lipinski definition) is 4. The van der Waals surface area contributed by atoms with Crippen molar-refractivity contribution in [3.8, 4) is 11.5 Å². The summed E-state index contributed by atoms with van der Waals surface area (Å²) >= 11 is 0. The van der Waals surface area contributed by atoms with E-state index in [0.29, 0.717) is 43.2 Å². The van der Waals surface area contributed by atoms with Gasteiger partial charge in [0.1, 0.15) is 0 Å². The number of carbonyl (C=O) groups excluding carboxylic acids is 2. The van der Waals surface area contributed by atoms with Gasteiger partial charge in [-0.05, 0) is 55.2 Å². The summed E-state index contributed by atoms with van der Waals surface area (Å²) in [7, 11) is 0. The van der Waals surface area contributed by atoms with Crippen LogP contribution in [0.5, 0.6) is 11.5 Å². The van der Waals surface area contributed by atoms with Crippen molar-refractivity contribution >= 4 is 17.5 Å². The summed E-state index contributed by atoms with van der Waals surface area (Å²) in [5.41, 5.74) is 2.42. The van der Waals surface area contributed by atoms with Crippen molar-refractivity contribution in [2.24, 2.45) is 0 Å². The Morgan fingerprint density at radius 2 is 1.70 bits per heavy atom. The smallest absolute Gasteiger partial charge is 0.251 e. The zero-order valence-corrected chi connectivity index (χ0v) is 17.8. The van der Waals surface area contributed by atoms with Crippen LogP contribution in [0.1, 0.15) is 55.5 Å². The molecule has 0 spiro atoms. The number of carbonyl (C=O) groups is 2. The van der Waals surface area contributed by atoms with E-state index in [1.807, 2.05) is 43.0 Å². The maximum absolute atomic E-state index is 12.6. The molecule has 0 unspecified atom stereocenters. The molecule has 1 N–H and O–H groups in total. The Labute approximate surface area is 178 Å². The van der Waals surface area contributed by atoms with Gasteiger partial charge in [0.25, 0.3) is 5.91 Å². The molecule has 1 aliphatic rings. The third-order valence-corrected chi connectivity index (χ3v) is 4.90. The first-order valence-electron chi connectivity index (χ1n) is 10.7. The molecule has 0 saturated carbocycles. The van der Waals surface area contributed by atoms with E-state index in [4.69, 9.17) is 9.47 Å². The second-order valence-corrected chi connectivity index (χ2v) is 7.36. The number of nitrogens with one attached hydrogen (secondary N) is 1. The second-order valence-electron chi connectivity index (χ2n) is 7.36. The van der Waals surface area contributed by atoms with Crippen LogP contribution in [-0.4, -0.2) is 31.6 Å². The van der Waals surface area contributed by atoms with Gasteiger partial charge in [0.15, 0.2) is 11.5 Å². The lowest BCUT2D eigenvalue weighted by molar-refractivity contribution is -0.117. The molecule has 1 fully saturated rings. The summed E-state index contributed by atoms with van der Waals surface area (Å²) in [4.78, 5) is 26.3. The predicted octanol–water partition coefficient (Wildman–Crippen LogP) is 4.32. The minimum Gasteiger partial charge on any atom is -0.490 e. The highest BCUT2D eigenvalue weighted by Gasteiger charge is 2.21. The third kappa shape index (κ3) is 5.53. The first-order chi connectivity index (χ1) is 14.6. The van der Waals surface area contributed by atoms with E-state index in [9.17, 15) is 9.59 Å². The van der Waals surface area contributed by atoms with Gasteiger partial charge >= 0.3 is 0 Å². The lowest BCUT2D eigenvalue weighted by atomic mass is 10.1. The van der Waals surface area contributed by atoms with Crippen molar-refractivity contribution in [2.45, 2.75) is 46.1 Å². The molecule has 6 nitrogen and oxygen atoms in total. The molecule has 0 aromatic heterocycles. The largest absolute Gasteiger partial charge is 0.490 e. The van der Waals surface area contributed by atoms with Crippen LogP contribution in [0.4, 0.5) is 5.69 Å². The van der Waals surface area contributed by atoms with Crippen LogP contribution in [0, 0.1) is 0 Å². The van der Waals surface area contributed by atoms with Gasteiger partial charge in [0.2, 0.25) is 5.91 Å². The topological polar surface area (TPSA) is 67.9 Å². The van der Waals surface area contributed by atoms with Crippen LogP contribution < -0.4 is 19.7 Å². The summed E-state index contributed by atoms with van der Waals surface area (Å²) in [6.45, 7) is 6.44. The quantitative estimate of drug-likeness (QED) is 0.633. The summed E-state index contributed by atoms with van der Waals surface area (Å²) in [6, 6.07) is 13.0. The molecular formula is C24H30N2O4. The lowest BCUT2D eigenvalue weighted by Crippen LogP contribution is -2.24. The zero-order valence-electron chi connectivity index (χ0n) is 17.8. The SMILES string of the molecule is CCCOc1ccc(C(=O)NCc2ccc(N3CCCC3=O)cc2)cc1OCCC. The summed E-state index contributed by atoms with van der Waals surface area (Å²) < 4.78 is 11.5. The number of ether oxygens (including phenoxy) is 2. The van der Waals surface area contributed by atoms with Crippen LogP contribution in [0.15, 0.2) is 42.5 Å². The van der Waals surface area contributed by atoms with Crippen molar-refractivity contribution in [1.82, 2.24) is 5.32 Å². The fourth-order valence-corrected chi connectivity index (χ4v) is 3.30. The zero-order chi connectivity index (χ0) is 21.3. The number of rotatable bonds is 10. The van der Waals surface area contributed by atoms with Crippen molar-refractivity contribution in [1.29, 1.82) is 0 Å². The molecule has 0 aliphatic carbocycles. The minimum atomic E-state index is -0.169. The van der Waals surface area contributed by atoms with Crippen molar-refractivity contribution in [3.63, 3.8) is 0 Å². The average molecular weight is 411 g/mol. The molecule has 1 heterocycles. The van der Waals surface area contributed by atoms with E-state index in [0.717, 1.165) is 37.1 Å². The fourth-order valence-electron chi connectivity index (χ4n) is 3.30. The molecule has 1 saturated heterocycles. The van der Waals surface area contributed by atoms with Crippen molar-refractivity contribution in [2.75, 3.05) is 24.7 Å². The molecule has 0 atom stereocenters. The summed E-state index contributed by atoms with van der Waals surface area (Å²) in [5, 5.41) is 2.94. The van der Waals surface area contributed by atoms with Crippen LogP contribution in [0.2, 0.25) is 0 Å². The molecule has 2 aromatic rings. The van der Waals surface area contributed by atoms with Gasteiger partial charge < -0.3 is 19.7 Å². The third-order valence-electron chi connectivity index (χ3n) is 4.90. The standard InChI is InChI=1S/C24H30N2O4/c1-3-14-29-21-12-9-19(16-22(21)30-15-4-2)24(28)25-17-18-7-10-20(11-8-18)26-13-5-6-23(26)27/h7-12,16H,3-6,13-15,17H2,1-2H3,(H,25,28). The molecule has 30 heavy (non-hydrogen) atoms. The molecule has 0 radical (unpaired) electrons. The molecule has 2 amide bonds. The molecule has 1 aliphatic heterocycles. The molecule has 6 heteroatoms. The fraction of sp³-hybridized carbons (Fsp3) is 0.417. The molecule has 160 valence electrons. The van der Waals surface area contributed by atoms with Gasteiger partial charge in [-0.15, -0.1) is 0 Å². The summed E-state index contributed by atoms with van der Waals surface area (Å²) in [5.74, 6) is 1.26. The van der Waals surface area contributed by atoms with Crippen molar-refractivity contribution in [3.05, 3.63) is 53.6 Å². The van der Waals surface area contributed by atoms with Crippen molar-refractivity contribution < 1.29 is 19.1 Å². The van der Waals surface area contributed by atoms with E-state index in [-0.39, 0.29) is 11.8 Å². The Kier molecular flexibility index (Phi) is 7.71. The molecule has 2 aromatic carbocycles. The number of benzene rings is 2. The predicted molar refractivity (Wildman–Crippen MR) is 117 cm³/mol. The van der Waals surface area contributed by atoms with Crippen LogP contribution >= 0.6 is 0 Å².